The summed E-state index contributed by atoms with van der Waals surface area (Å²) in [5.41, 5.74) is 0.0285. The van der Waals surface area contributed by atoms with Gasteiger partial charge < -0.3 is 72.7 Å². The molecule has 0 spiro atoms. The van der Waals surface area contributed by atoms with Gasteiger partial charge in [0.15, 0.2) is 18.9 Å². The van der Waals surface area contributed by atoms with Gasteiger partial charge in [0.2, 0.25) is 6.29 Å². The van der Waals surface area contributed by atoms with Crippen LogP contribution in [0.15, 0.2) is 34.6 Å². The van der Waals surface area contributed by atoms with Crippen LogP contribution in [0.3, 0.4) is 0 Å². The zero-order valence-electron chi connectivity index (χ0n) is 37.2. The average Bonchev–Trinajstić information content (AvgIpc) is 4.00. The number of aliphatic hydroxyl groups excluding tert-OH is 4. The fraction of sp³-hybridized carbons (Fsp3) is 0.622. The molecule has 25 nitrogen and oxygen atoms in total. The molecule has 4 aromatic rings. The van der Waals surface area contributed by atoms with Crippen molar-refractivity contribution in [3.8, 4) is 0 Å². The summed E-state index contributed by atoms with van der Waals surface area (Å²) in [7, 11) is -7.16. The molecule has 0 unspecified atom stereocenters. The molecule has 2 fully saturated rings. The van der Waals surface area contributed by atoms with Crippen LogP contribution < -0.4 is 16.4 Å². The molecular weight excluding hydrogens is 947 g/mol. The zero-order valence-corrected chi connectivity index (χ0v) is 39.0. The Labute approximate surface area is 379 Å². The standard InChI is InChI=1S/C20H31N4O9P.C15H23N4O7P.C2HF3O/c1-6-31-34(29,32-7-2)10-30-18-16(26)15(25)14(24(18)19(28)33-20(3,4)5)11-8-21-13-12(11)22-9-23-17(13)27;1-3-25-27(23,26-4-2)7-24-15-13(21)12(20)10(19-15)8-5-16-11-9(8)17-6-18-14(11)22;3-2(4,5)1-6/h8-9,14-16,18,21,25-26H,6-7,10H2,1-5H3,(H,22,23,27);5-6,10,12-13,15-16,19-21H,3-4,7H2,1-2H3,(H,17,18,22);1H/t14-,15-,16-,18+;10-,12-,13-,15+;/m00./s1. The molecule has 2 saturated heterocycles. The van der Waals surface area contributed by atoms with Crippen LogP contribution in [0.1, 0.15) is 71.7 Å². The summed E-state index contributed by atoms with van der Waals surface area (Å²) in [5.74, 6) is 0. The predicted octanol–water partition coefficient (Wildman–Crippen LogP) is 2.76. The molecular formula is C37H55F3N8O17P2. The third-order valence-electron chi connectivity index (χ3n) is 9.39. The second-order valence-corrected chi connectivity index (χ2v) is 19.3. The normalized spacial score (nSPS) is 23.5. The molecule has 8 atom stereocenters. The van der Waals surface area contributed by atoms with Gasteiger partial charge in [-0.25, -0.2) is 14.8 Å². The number of hydrogen-bond donors (Lipinski definition) is 9. The number of alkyl halides is 3. The van der Waals surface area contributed by atoms with Crippen LogP contribution >= 0.6 is 15.2 Å². The number of aromatic amines is 4. The van der Waals surface area contributed by atoms with Crippen molar-refractivity contribution in [2.45, 2.75) is 109 Å². The molecule has 6 heterocycles. The number of nitrogens with one attached hydrogen (secondary N) is 5. The molecule has 67 heavy (non-hydrogen) atoms. The van der Waals surface area contributed by atoms with E-state index in [1.165, 1.54) is 25.0 Å². The lowest BCUT2D eigenvalue weighted by Gasteiger charge is -2.32. The van der Waals surface area contributed by atoms with Crippen molar-refractivity contribution in [2.75, 3.05) is 39.1 Å². The summed E-state index contributed by atoms with van der Waals surface area (Å²) < 4.78 is 94.0. The third kappa shape index (κ3) is 13.9. The highest BCUT2D eigenvalue weighted by Gasteiger charge is 2.54. The Morgan fingerprint density at radius 1 is 0.731 bits per heavy atom. The van der Waals surface area contributed by atoms with Crippen molar-refractivity contribution in [1.82, 2.24) is 40.1 Å². The maximum absolute atomic E-state index is 13.2. The molecule has 376 valence electrons. The third-order valence-corrected chi connectivity index (χ3v) is 12.9. The van der Waals surface area contributed by atoms with Gasteiger partial charge >= 0.3 is 27.5 Å². The Hall–Kier alpha value is -4.41. The van der Waals surface area contributed by atoms with Crippen molar-refractivity contribution >= 4 is 49.6 Å². The summed E-state index contributed by atoms with van der Waals surface area (Å²) >= 11 is 0. The minimum absolute atomic E-state index is 0.0877. The van der Waals surface area contributed by atoms with Gasteiger partial charge in [-0.15, -0.1) is 0 Å². The second-order valence-electron chi connectivity index (χ2n) is 15.3. The van der Waals surface area contributed by atoms with Crippen LogP contribution in [0.5, 0.6) is 0 Å². The van der Waals surface area contributed by atoms with E-state index in [-0.39, 0.29) is 60.4 Å². The highest BCUT2D eigenvalue weighted by molar-refractivity contribution is 7.53. The number of halogens is 3. The summed E-state index contributed by atoms with van der Waals surface area (Å²) in [6.45, 7) is 12.1. The molecule has 0 radical (unpaired) electrons. The Balaban J connectivity index is 0.000000266. The first-order valence-corrected chi connectivity index (χ1v) is 24.0. The molecule has 30 heteroatoms. The second kappa shape index (κ2) is 23.3. The zero-order chi connectivity index (χ0) is 50.1. The molecule has 0 bridgehead atoms. The summed E-state index contributed by atoms with van der Waals surface area (Å²) in [6.07, 6.45) is -10.3. The number of ether oxygens (including phenoxy) is 3. The lowest BCUT2D eigenvalue weighted by Crippen LogP contribution is -2.45. The quantitative estimate of drug-likeness (QED) is 0.0575. The Bertz CT molecular complexity index is 2460. The van der Waals surface area contributed by atoms with E-state index in [0.29, 0.717) is 11.1 Å². The molecule has 0 aliphatic carbocycles. The Kier molecular flexibility index (Phi) is 19.2. The fourth-order valence-electron chi connectivity index (χ4n) is 6.81. The largest absolute Gasteiger partial charge is 0.446 e. The van der Waals surface area contributed by atoms with E-state index in [9.17, 15) is 57.1 Å². The Morgan fingerprint density at radius 3 is 1.63 bits per heavy atom. The van der Waals surface area contributed by atoms with Gasteiger partial charge in [0.25, 0.3) is 11.1 Å². The molecule has 1 amide bonds. The summed E-state index contributed by atoms with van der Waals surface area (Å²) in [5, 5.41) is 45.4. The van der Waals surface area contributed by atoms with Crippen LogP contribution in [-0.2, 0) is 46.2 Å². The number of likely N-dealkylation sites (tertiary alicyclic amines) is 1. The van der Waals surface area contributed by atoms with Crippen LogP contribution in [0.2, 0.25) is 0 Å². The van der Waals surface area contributed by atoms with Gasteiger partial charge in [-0.1, -0.05) is 0 Å². The minimum Gasteiger partial charge on any atom is -0.444 e. The van der Waals surface area contributed by atoms with E-state index in [2.05, 4.69) is 35.2 Å². The first-order chi connectivity index (χ1) is 31.4. The number of aliphatic hydroxyl groups is 4. The van der Waals surface area contributed by atoms with E-state index in [1.54, 1.807) is 48.5 Å². The number of rotatable bonds is 16. The highest BCUT2D eigenvalue weighted by atomic mass is 31.2. The molecule has 0 saturated carbocycles. The lowest BCUT2D eigenvalue weighted by molar-refractivity contribution is -0.156. The summed E-state index contributed by atoms with van der Waals surface area (Å²) in [6, 6.07) is -1.94. The topological polar surface area (TPSA) is 352 Å². The van der Waals surface area contributed by atoms with Gasteiger partial charge in [-0.3, -0.25) is 33.7 Å². The Morgan fingerprint density at radius 2 is 1.18 bits per heavy atom. The SMILES string of the molecule is CCOP(=O)(CO[C@@H]1[C@@H](O)[C@@H](O)[C@H](c2c[nH]c3c(=O)[nH]cnc23)N1C(=O)OC(C)(C)C)OCC.CCOP(=O)(CO[C@H]1N[C@@H](c2c[nH]c3c(=O)[nH]cnc23)[C@H](O)[C@@H]1O)OCC.O=CC(F)(F)F. The number of H-pyrrole nitrogens is 4. The molecule has 0 aromatic carbocycles. The monoisotopic (exact) mass is 1000 g/mol. The van der Waals surface area contributed by atoms with E-state index < -0.39 is 100 Å². The fourth-order valence-corrected chi connectivity index (χ4v) is 9.51. The maximum atomic E-state index is 13.2. The summed E-state index contributed by atoms with van der Waals surface area (Å²) in [4.78, 5) is 65.6. The van der Waals surface area contributed by atoms with Gasteiger partial charge in [-0.05, 0) is 48.5 Å². The van der Waals surface area contributed by atoms with E-state index >= 15 is 0 Å². The molecule has 4 aromatic heterocycles. The molecule has 2 aliphatic heterocycles. The first-order valence-electron chi connectivity index (χ1n) is 20.5. The molecule has 9 N–H and O–H groups in total. The van der Waals surface area contributed by atoms with Crippen LogP contribution in [-0.4, -0.2) is 155 Å². The number of hydrogen-bond acceptors (Lipinski definition) is 20. The van der Waals surface area contributed by atoms with E-state index in [4.69, 9.17) is 37.1 Å². The number of aromatic nitrogens is 6. The van der Waals surface area contributed by atoms with Gasteiger partial charge in [-0.2, -0.15) is 13.2 Å². The van der Waals surface area contributed by atoms with E-state index in [1.807, 2.05) is 0 Å². The van der Waals surface area contributed by atoms with E-state index in [0.717, 1.165) is 4.90 Å². The van der Waals surface area contributed by atoms with Crippen molar-refractivity contribution < 1.29 is 84.6 Å². The maximum Gasteiger partial charge on any atom is 0.446 e. The van der Waals surface area contributed by atoms with Gasteiger partial charge in [0.05, 0.1) is 51.2 Å². The first kappa shape index (κ1) is 55.2. The van der Waals surface area contributed by atoms with Crippen molar-refractivity contribution in [3.63, 3.8) is 0 Å². The predicted molar refractivity (Wildman–Crippen MR) is 227 cm³/mol. The number of aldehydes is 1. The number of fused-ring (bicyclic) bond motifs is 2. The number of carbonyl (C=O) groups is 2. The van der Waals surface area contributed by atoms with Crippen LogP contribution in [0.25, 0.3) is 22.1 Å². The lowest BCUT2D eigenvalue weighted by atomic mass is 10.0. The van der Waals surface area contributed by atoms with Gasteiger partial charge in [0.1, 0.15) is 58.3 Å². The van der Waals surface area contributed by atoms with Gasteiger partial charge in [0, 0.05) is 23.5 Å². The van der Waals surface area contributed by atoms with Crippen molar-refractivity contribution in [1.29, 1.82) is 0 Å². The van der Waals surface area contributed by atoms with Crippen molar-refractivity contribution in [3.05, 3.63) is 56.9 Å². The molecule has 2 aliphatic rings. The van der Waals surface area contributed by atoms with Crippen molar-refractivity contribution in [2.24, 2.45) is 0 Å². The van der Waals surface area contributed by atoms with Crippen LogP contribution in [0, 0.1) is 0 Å². The minimum atomic E-state index is -4.64. The highest BCUT2D eigenvalue weighted by Crippen LogP contribution is 2.50. The number of amides is 1. The smallest absolute Gasteiger partial charge is 0.444 e. The average molecular weight is 1000 g/mol. The number of nitrogens with zero attached hydrogens (tertiary/aromatic N) is 3. The molecule has 6 rings (SSSR count). The van der Waals surface area contributed by atoms with Crippen LogP contribution in [0.4, 0.5) is 18.0 Å². The number of carbonyl (C=O) groups excluding carboxylic acids is 2.